The molecule has 0 aromatic rings. The third kappa shape index (κ3) is 53.0. The van der Waals surface area contributed by atoms with Gasteiger partial charge in [0.05, 0.1) is 18.3 Å². The average molecular weight is 1140 g/mol. The van der Waals surface area contributed by atoms with Gasteiger partial charge < -0.3 is 50.0 Å². The Kier molecular flexibility index (Phi) is 52.7. The Morgan fingerprint density at radius 2 is 0.838 bits per heavy atom. The Bertz CT molecular complexity index is 1230. The molecule has 0 radical (unpaired) electrons. The summed E-state index contributed by atoms with van der Waals surface area (Å²) in [6, 6.07) is 0. The number of nitrogens with one attached hydrogen (secondary N) is 1. The van der Waals surface area contributed by atoms with Crippen LogP contribution in [0.15, 0.2) is 0 Å². The minimum absolute atomic E-state index is 0.0350. The Morgan fingerprint density at radius 3 is 1.20 bits per heavy atom. The fraction of sp³-hybridized carbons (Fsp3) is 1.00. The van der Waals surface area contributed by atoms with Gasteiger partial charge in [0.2, 0.25) is 0 Å². The molecule has 0 bridgehead atoms. The number of hydrogen-bond donors (Lipinski definition) is 4. The van der Waals surface area contributed by atoms with Gasteiger partial charge in [0.25, 0.3) is 0 Å². The van der Waals surface area contributed by atoms with E-state index in [9.17, 15) is 5.11 Å². The first-order valence-corrected chi connectivity index (χ1v) is 34.2. The maximum atomic E-state index is 9.74. The highest BCUT2D eigenvalue weighted by Gasteiger charge is 2.27. The predicted octanol–water partition coefficient (Wildman–Crippen LogP) is 11.7. The lowest BCUT2D eigenvalue weighted by molar-refractivity contribution is -0.00606. The molecule has 5 rings (SSSR count). The molecule has 484 valence electrons. The maximum absolute atomic E-state index is 9.74. The van der Waals surface area contributed by atoms with Gasteiger partial charge in [-0.15, -0.1) is 0 Å². The molecule has 0 aliphatic carbocycles. The van der Waals surface area contributed by atoms with E-state index in [1.54, 1.807) is 0 Å². The standard InChI is InChI=1S/C11H24N2O.C11H23NO.C10H21N.C10H23N.C9H20N2.C9H21N.C8H17NO/c1-11(2)3-4-12-5-7-13(8-6-12)9-10-14;1-10(2)4-7-12-8-5-11(3,13)6-9-12;1-9(2)4-6-11-7-5-10(3)8-11;1-5-8-11(6-2)9-7-10(3)4;1-9(2)3-6-11-7-4-10-5-8-11;1-5-7-10(4)8-6-9(2)3;1-7(2)3-4-9-5-8(10)6-9/h11,14H,3-10H2,1-2H3;10,13H,4-9H2,1-3H3;9-10H,4-8H2,1-3H3;10H,5-9H2,1-4H3;9-10H,3-8H2,1-2H3;9H,5-8H2,1-4H3;7-8,10H,3-6H2,1-2H3. The second kappa shape index (κ2) is 51.7. The number of piperazine rings is 2. The van der Waals surface area contributed by atoms with E-state index in [4.69, 9.17) is 10.2 Å². The fourth-order valence-electron chi connectivity index (χ4n) is 9.89. The van der Waals surface area contributed by atoms with Crippen molar-refractivity contribution in [2.45, 2.75) is 220 Å². The van der Waals surface area contributed by atoms with Crippen molar-refractivity contribution >= 4 is 0 Å². The van der Waals surface area contributed by atoms with E-state index in [-0.39, 0.29) is 6.10 Å². The number of nitrogens with zero attached hydrogens (tertiary/aromatic N) is 8. The zero-order valence-electron chi connectivity index (χ0n) is 58.0. The monoisotopic (exact) mass is 1140 g/mol. The quantitative estimate of drug-likeness (QED) is 0.0601. The molecule has 1 atom stereocenters. The Labute approximate surface area is 502 Å². The minimum atomic E-state index is -0.395. The predicted molar refractivity (Wildman–Crippen MR) is 355 cm³/mol. The van der Waals surface area contributed by atoms with Gasteiger partial charge in [0.1, 0.15) is 0 Å². The number of aliphatic hydroxyl groups excluding tert-OH is 2. The number of piperidine rings is 1. The smallest absolute Gasteiger partial charge is 0.0793 e. The number of rotatable bonds is 28. The summed E-state index contributed by atoms with van der Waals surface area (Å²) in [7, 11) is 2.20. The molecule has 5 fully saturated rings. The first kappa shape index (κ1) is 81.6. The van der Waals surface area contributed by atoms with Gasteiger partial charge in [-0.05, 0) is 210 Å². The molecule has 0 spiro atoms. The lowest BCUT2D eigenvalue weighted by Gasteiger charge is -2.36. The van der Waals surface area contributed by atoms with Gasteiger partial charge in [0.15, 0.2) is 0 Å². The minimum Gasteiger partial charge on any atom is -0.395 e. The second-order valence-electron chi connectivity index (χ2n) is 28.5. The molecule has 0 aromatic carbocycles. The van der Waals surface area contributed by atoms with Crippen molar-refractivity contribution in [2.75, 3.05) is 177 Å². The molecular weight excluding hydrogens is 991 g/mol. The number of aliphatic hydroxyl groups is 3. The van der Waals surface area contributed by atoms with Crippen LogP contribution in [0.1, 0.15) is 209 Å². The second-order valence-corrected chi connectivity index (χ2v) is 28.5. The molecule has 5 heterocycles. The van der Waals surface area contributed by atoms with Crippen LogP contribution >= 0.6 is 0 Å². The summed E-state index contributed by atoms with van der Waals surface area (Å²) in [5.41, 5.74) is -0.395. The molecule has 5 saturated heterocycles. The Hall–Kier alpha value is -0.480. The lowest BCUT2D eigenvalue weighted by atomic mass is 9.93. The summed E-state index contributed by atoms with van der Waals surface area (Å²) in [5.74, 6) is 6.75. The summed E-state index contributed by atoms with van der Waals surface area (Å²) < 4.78 is 0. The highest BCUT2D eigenvalue weighted by molar-refractivity contribution is 4.82. The van der Waals surface area contributed by atoms with Crippen LogP contribution in [-0.2, 0) is 0 Å². The molecular formula is C68H149N9O3. The zero-order valence-corrected chi connectivity index (χ0v) is 58.0. The van der Waals surface area contributed by atoms with Crippen molar-refractivity contribution in [1.82, 2.24) is 44.5 Å². The SMILES string of the molecule is CC(C)CCN1CC(O)C1.CC(C)CCN1CCC(C)(O)CC1.CC(C)CCN1CCC(C)C1.CC(C)CCN1CCN(CCO)CC1.CC(C)CCN1CCNCC1.CCCN(C)CCC(C)C.CCCN(CC)CCC(C)C. The van der Waals surface area contributed by atoms with Gasteiger partial charge in [-0.1, -0.05) is 125 Å². The molecule has 0 amide bonds. The highest BCUT2D eigenvalue weighted by Crippen LogP contribution is 2.22. The molecule has 0 aromatic heterocycles. The maximum Gasteiger partial charge on any atom is 0.0793 e. The molecule has 80 heavy (non-hydrogen) atoms. The first-order valence-electron chi connectivity index (χ1n) is 34.2. The largest absolute Gasteiger partial charge is 0.395 e. The number of hydrogen-bond acceptors (Lipinski definition) is 12. The van der Waals surface area contributed by atoms with Crippen LogP contribution in [0.3, 0.4) is 0 Å². The van der Waals surface area contributed by atoms with Crippen LogP contribution in [0.2, 0.25) is 0 Å². The third-order valence-electron chi connectivity index (χ3n) is 16.3. The highest BCUT2D eigenvalue weighted by atomic mass is 16.3. The van der Waals surface area contributed by atoms with E-state index in [1.165, 1.54) is 175 Å². The van der Waals surface area contributed by atoms with Crippen LogP contribution in [0.4, 0.5) is 0 Å². The van der Waals surface area contributed by atoms with E-state index < -0.39 is 5.60 Å². The van der Waals surface area contributed by atoms with Gasteiger partial charge in [-0.25, -0.2) is 0 Å². The van der Waals surface area contributed by atoms with E-state index in [1.807, 2.05) is 6.92 Å². The summed E-state index contributed by atoms with van der Waals surface area (Å²) in [6.07, 6.45) is 15.0. The van der Waals surface area contributed by atoms with Crippen molar-refractivity contribution in [3.05, 3.63) is 0 Å². The van der Waals surface area contributed by atoms with Gasteiger partial charge in [0, 0.05) is 91.6 Å². The van der Waals surface area contributed by atoms with Gasteiger partial charge >= 0.3 is 0 Å². The molecule has 4 N–H and O–H groups in total. The summed E-state index contributed by atoms with van der Waals surface area (Å²) >= 11 is 0. The number of likely N-dealkylation sites (tertiary alicyclic amines) is 3. The van der Waals surface area contributed by atoms with E-state index in [2.05, 4.69) is 176 Å². The normalized spacial score (nSPS) is 19.7. The van der Waals surface area contributed by atoms with Crippen molar-refractivity contribution in [3.63, 3.8) is 0 Å². The fourth-order valence-corrected chi connectivity index (χ4v) is 9.89. The van der Waals surface area contributed by atoms with Crippen LogP contribution in [0, 0.1) is 47.3 Å². The van der Waals surface area contributed by atoms with Crippen molar-refractivity contribution in [1.29, 1.82) is 0 Å². The summed E-state index contributed by atoms with van der Waals surface area (Å²) in [4.78, 5) is 19.7. The molecule has 1 unspecified atom stereocenters. The molecule has 0 saturated carbocycles. The topological polar surface area (TPSA) is 98.6 Å². The van der Waals surface area contributed by atoms with Crippen molar-refractivity contribution in [2.24, 2.45) is 47.3 Å². The zero-order chi connectivity index (χ0) is 60.9. The lowest BCUT2D eigenvalue weighted by Crippen LogP contribution is -2.50. The Balaban J connectivity index is 0. The first-order chi connectivity index (χ1) is 37.7. The molecule has 12 nitrogen and oxygen atoms in total. The molecule has 5 aliphatic heterocycles. The van der Waals surface area contributed by atoms with E-state index >= 15 is 0 Å². The van der Waals surface area contributed by atoms with Crippen molar-refractivity contribution < 1.29 is 15.3 Å². The van der Waals surface area contributed by atoms with E-state index in [0.29, 0.717) is 6.61 Å². The number of β-amino-alcohol motifs (C(OH)–C–C–N with tert-alkyl or cyclic N) is 2. The summed E-state index contributed by atoms with van der Waals surface area (Å²) in [6.45, 7) is 72.6. The Morgan fingerprint density at radius 1 is 0.463 bits per heavy atom. The van der Waals surface area contributed by atoms with Crippen LogP contribution in [-0.4, -0.2) is 243 Å². The molecule has 12 heteroatoms. The average Bonchev–Trinajstić information content (AvgIpc) is 3.82. The van der Waals surface area contributed by atoms with Crippen molar-refractivity contribution in [3.8, 4) is 0 Å². The van der Waals surface area contributed by atoms with Crippen LogP contribution in [0.25, 0.3) is 0 Å². The van der Waals surface area contributed by atoms with Crippen LogP contribution < -0.4 is 5.32 Å². The molecule has 5 aliphatic rings. The van der Waals surface area contributed by atoms with E-state index in [0.717, 1.165) is 113 Å². The van der Waals surface area contributed by atoms with Crippen LogP contribution in [0.5, 0.6) is 0 Å². The van der Waals surface area contributed by atoms with Gasteiger partial charge in [-0.2, -0.15) is 0 Å². The third-order valence-corrected chi connectivity index (χ3v) is 16.3. The van der Waals surface area contributed by atoms with Gasteiger partial charge in [-0.3, -0.25) is 9.80 Å². The summed E-state index contributed by atoms with van der Waals surface area (Å²) in [5, 5.41) is 30.9.